The van der Waals surface area contributed by atoms with Gasteiger partial charge in [0, 0.05) is 35.8 Å². The van der Waals surface area contributed by atoms with E-state index < -0.39 is 0 Å². The summed E-state index contributed by atoms with van der Waals surface area (Å²) in [6.07, 6.45) is 5.29. The maximum atomic E-state index is 6.59. The van der Waals surface area contributed by atoms with Crippen molar-refractivity contribution in [1.29, 1.82) is 0 Å². The quantitative estimate of drug-likeness (QED) is 0.360. The van der Waals surface area contributed by atoms with Gasteiger partial charge in [0.1, 0.15) is 5.75 Å². The van der Waals surface area contributed by atoms with Gasteiger partial charge in [0.15, 0.2) is 11.0 Å². The summed E-state index contributed by atoms with van der Waals surface area (Å²) in [7, 11) is 0. The van der Waals surface area contributed by atoms with Gasteiger partial charge in [-0.15, -0.1) is 0 Å². The van der Waals surface area contributed by atoms with Gasteiger partial charge in [0.05, 0.1) is 27.9 Å². The van der Waals surface area contributed by atoms with Crippen LogP contribution in [0.25, 0.3) is 33.2 Å². The SMILES string of the molecule is CCOc1ccc(-c2cc(-c3cnc(NC(C)C)s3)nc(-c3ccncc3)n2)c(Cl)c1. The van der Waals surface area contributed by atoms with Crippen molar-refractivity contribution in [2.75, 3.05) is 11.9 Å². The fourth-order valence-corrected chi connectivity index (χ4v) is 4.20. The van der Waals surface area contributed by atoms with Gasteiger partial charge in [0.2, 0.25) is 0 Å². The molecule has 4 rings (SSSR count). The molecule has 0 aliphatic carbocycles. The van der Waals surface area contributed by atoms with Crippen molar-refractivity contribution >= 4 is 28.1 Å². The molecule has 3 aromatic heterocycles. The van der Waals surface area contributed by atoms with Crippen LogP contribution in [0, 0.1) is 0 Å². The van der Waals surface area contributed by atoms with E-state index in [2.05, 4.69) is 29.1 Å². The number of aromatic nitrogens is 4. The molecule has 3 heterocycles. The van der Waals surface area contributed by atoms with Crippen molar-refractivity contribution in [3.63, 3.8) is 0 Å². The number of benzene rings is 1. The zero-order valence-electron chi connectivity index (χ0n) is 17.5. The van der Waals surface area contributed by atoms with E-state index in [4.69, 9.17) is 26.3 Å². The minimum Gasteiger partial charge on any atom is -0.494 e. The molecule has 0 unspecified atom stereocenters. The summed E-state index contributed by atoms with van der Waals surface area (Å²) in [4.78, 5) is 19.1. The second kappa shape index (κ2) is 9.41. The lowest BCUT2D eigenvalue weighted by molar-refractivity contribution is 0.340. The first-order valence-electron chi connectivity index (χ1n) is 9.98. The molecule has 0 amide bonds. The molecule has 0 aliphatic rings. The normalized spacial score (nSPS) is 11.0. The molecule has 6 nitrogen and oxygen atoms in total. The number of hydrogen-bond acceptors (Lipinski definition) is 7. The number of rotatable bonds is 7. The highest BCUT2D eigenvalue weighted by molar-refractivity contribution is 7.18. The van der Waals surface area contributed by atoms with E-state index in [-0.39, 0.29) is 0 Å². The van der Waals surface area contributed by atoms with Crippen LogP contribution in [0.3, 0.4) is 0 Å². The number of ether oxygens (including phenoxy) is 1. The van der Waals surface area contributed by atoms with Gasteiger partial charge < -0.3 is 10.1 Å². The zero-order valence-corrected chi connectivity index (χ0v) is 19.0. The molecular formula is C23H22ClN5OS. The van der Waals surface area contributed by atoms with Crippen molar-refractivity contribution in [2.45, 2.75) is 26.8 Å². The first-order chi connectivity index (χ1) is 15.0. The van der Waals surface area contributed by atoms with Crippen LogP contribution >= 0.6 is 22.9 Å². The number of thiazole rings is 1. The summed E-state index contributed by atoms with van der Waals surface area (Å²) in [6, 6.07) is 11.7. The topological polar surface area (TPSA) is 72.8 Å². The molecule has 0 saturated carbocycles. The minimum absolute atomic E-state index is 0.301. The first kappa shape index (κ1) is 21.2. The molecule has 0 fully saturated rings. The van der Waals surface area contributed by atoms with E-state index >= 15 is 0 Å². The lowest BCUT2D eigenvalue weighted by Crippen LogP contribution is -2.08. The Balaban J connectivity index is 1.82. The van der Waals surface area contributed by atoms with E-state index in [9.17, 15) is 0 Å². The van der Waals surface area contributed by atoms with Crippen molar-refractivity contribution in [3.8, 4) is 39.0 Å². The Morgan fingerprint density at radius 3 is 2.55 bits per heavy atom. The number of halogens is 1. The average molecular weight is 452 g/mol. The standard InChI is InChI=1S/C23H22ClN5OS/c1-4-30-16-5-6-17(18(24)11-16)19-12-20(21-13-26-23(31-21)27-14(2)3)29-22(28-19)15-7-9-25-10-8-15/h5-14H,4H2,1-3H3,(H,26,27). The Morgan fingerprint density at radius 2 is 1.84 bits per heavy atom. The largest absolute Gasteiger partial charge is 0.494 e. The zero-order chi connectivity index (χ0) is 21.8. The molecule has 8 heteroatoms. The Bertz CT molecular complexity index is 1180. The van der Waals surface area contributed by atoms with Crippen molar-refractivity contribution in [2.24, 2.45) is 0 Å². The van der Waals surface area contributed by atoms with Crippen LogP contribution in [-0.4, -0.2) is 32.6 Å². The van der Waals surface area contributed by atoms with E-state index in [1.807, 2.05) is 49.5 Å². The molecule has 0 saturated heterocycles. The number of anilines is 1. The van der Waals surface area contributed by atoms with Crippen LogP contribution in [0.15, 0.2) is 55.0 Å². The molecule has 1 N–H and O–H groups in total. The van der Waals surface area contributed by atoms with Gasteiger partial charge in [0.25, 0.3) is 0 Å². The summed E-state index contributed by atoms with van der Waals surface area (Å²) < 4.78 is 5.56. The van der Waals surface area contributed by atoms with Crippen LogP contribution in [0.1, 0.15) is 20.8 Å². The molecule has 4 aromatic rings. The van der Waals surface area contributed by atoms with Gasteiger partial charge in [-0.2, -0.15) is 0 Å². The molecule has 0 radical (unpaired) electrons. The molecule has 0 bridgehead atoms. The third-order valence-electron chi connectivity index (χ3n) is 4.36. The van der Waals surface area contributed by atoms with Gasteiger partial charge in [-0.3, -0.25) is 4.98 Å². The highest BCUT2D eigenvalue weighted by atomic mass is 35.5. The third kappa shape index (κ3) is 5.00. The number of pyridine rings is 1. The van der Waals surface area contributed by atoms with Gasteiger partial charge >= 0.3 is 0 Å². The molecule has 158 valence electrons. The molecule has 0 spiro atoms. The van der Waals surface area contributed by atoms with Gasteiger partial charge in [-0.25, -0.2) is 15.0 Å². The fraction of sp³-hybridized carbons (Fsp3) is 0.217. The predicted molar refractivity (Wildman–Crippen MR) is 127 cm³/mol. The Kier molecular flexibility index (Phi) is 6.44. The second-order valence-corrected chi connectivity index (χ2v) is 8.54. The van der Waals surface area contributed by atoms with E-state index in [1.165, 1.54) is 0 Å². The maximum absolute atomic E-state index is 6.59. The van der Waals surface area contributed by atoms with Crippen LogP contribution < -0.4 is 10.1 Å². The lowest BCUT2D eigenvalue weighted by Gasteiger charge is -2.10. The number of hydrogen-bond donors (Lipinski definition) is 1. The van der Waals surface area contributed by atoms with Crippen molar-refractivity contribution in [3.05, 3.63) is 60.0 Å². The molecular weight excluding hydrogens is 430 g/mol. The summed E-state index contributed by atoms with van der Waals surface area (Å²) in [5, 5.41) is 4.76. The second-order valence-electron chi connectivity index (χ2n) is 7.10. The van der Waals surface area contributed by atoms with E-state index in [0.29, 0.717) is 23.5 Å². The van der Waals surface area contributed by atoms with Gasteiger partial charge in [-0.05, 0) is 57.2 Å². The Hall–Kier alpha value is -3.03. The lowest BCUT2D eigenvalue weighted by atomic mass is 10.1. The molecule has 0 atom stereocenters. The first-order valence-corrected chi connectivity index (χ1v) is 11.2. The van der Waals surface area contributed by atoms with Crippen molar-refractivity contribution in [1.82, 2.24) is 19.9 Å². The predicted octanol–water partition coefficient (Wildman–Crippen LogP) is 6.20. The maximum Gasteiger partial charge on any atom is 0.183 e. The van der Waals surface area contributed by atoms with E-state index in [0.717, 1.165) is 38.3 Å². The highest BCUT2D eigenvalue weighted by Gasteiger charge is 2.15. The third-order valence-corrected chi connectivity index (χ3v) is 5.63. The van der Waals surface area contributed by atoms with Crippen LogP contribution in [0.4, 0.5) is 5.13 Å². The van der Waals surface area contributed by atoms with Crippen LogP contribution in [0.5, 0.6) is 5.75 Å². The Labute approximate surface area is 190 Å². The fourth-order valence-electron chi connectivity index (χ4n) is 3.01. The number of nitrogens with zero attached hydrogens (tertiary/aromatic N) is 4. The summed E-state index contributed by atoms with van der Waals surface area (Å²) in [5.41, 5.74) is 3.21. The monoisotopic (exact) mass is 451 g/mol. The highest BCUT2D eigenvalue weighted by Crippen LogP contribution is 2.35. The summed E-state index contributed by atoms with van der Waals surface area (Å²) in [6.45, 7) is 6.69. The molecule has 31 heavy (non-hydrogen) atoms. The molecule has 1 aromatic carbocycles. The van der Waals surface area contributed by atoms with Crippen molar-refractivity contribution < 1.29 is 4.74 Å². The Morgan fingerprint density at radius 1 is 1.06 bits per heavy atom. The van der Waals surface area contributed by atoms with Gasteiger partial charge in [-0.1, -0.05) is 22.9 Å². The van der Waals surface area contributed by atoms with E-state index in [1.54, 1.807) is 23.7 Å². The summed E-state index contributed by atoms with van der Waals surface area (Å²) >= 11 is 8.15. The average Bonchev–Trinajstić information content (AvgIpc) is 3.22. The minimum atomic E-state index is 0.301. The summed E-state index contributed by atoms with van der Waals surface area (Å²) in [5.74, 6) is 1.33. The van der Waals surface area contributed by atoms with Crippen LogP contribution in [-0.2, 0) is 0 Å². The van der Waals surface area contributed by atoms with Crippen LogP contribution in [0.2, 0.25) is 5.02 Å². The smallest absolute Gasteiger partial charge is 0.183 e. The molecule has 0 aliphatic heterocycles. The number of nitrogens with one attached hydrogen (secondary N) is 1.